The molecule has 270 valence electrons. The number of aromatic hydroxyl groups is 1. The quantitative estimate of drug-likeness (QED) is 0.188. The highest BCUT2D eigenvalue weighted by Gasteiger charge is 2.34. The largest absolute Gasteiger partial charge is 0.508 e. The molecular formula is C42H41ClN6O4. The third kappa shape index (κ3) is 6.58. The molecule has 3 aromatic carbocycles. The zero-order valence-electron chi connectivity index (χ0n) is 30.0. The maximum atomic E-state index is 14.8. The molecule has 2 aliphatic rings. The van der Waals surface area contributed by atoms with Gasteiger partial charge in [0.15, 0.2) is 0 Å². The number of phenols is 1. The molecule has 6 aromatic rings. The number of ether oxygens (including phenoxy) is 1. The summed E-state index contributed by atoms with van der Waals surface area (Å²) in [5.41, 5.74) is 6.92. The molecule has 0 spiro atoms. The van der Waals surface area contributed by atoms with Crippen LogP contribution in [0.15, 0.2) is 97.3 Å². The van der Waals surface area contributed by atoms with Gasteiger partial charge in [0.25, 0.3) is 11.8 Å². The number of fused-ring (bicyclic) bond motifs is 2. The first-order valence-corrected chi connectivity index (χ1v) is 18.2. The lowest BCUT2D eigenvalue weighted by atomic mass is 9.92. The van der Waals surface area contributed by atoms with Gasteiger partial charge in [-0.05, 0) is 85.1 Å². The molecule has 8 rings (SSSR count). The smallest absolute Gasteiger partial charge is 0.265 e. The number of carbonyl (C=O) groups is 2. The molecule has 0 bridgehead atoms. The molecule has 2 aliphatic heterocycles. The number of hydrogen-bond acceptors (Lipinski definition) is 6. The lowest BCUT2D eigenvalue weighted by Gasteiger charge is -2.40. The van der Waals surface area contributed by atoms with Crippen LogP contribution < -0.4 is 4.90 Å². The van der Waals surface area contributed by atoms with Crippen molar-refractivity contribution < 1.29 is 19.4 Å². The van der Waals surface area contributed by atoms with Crippen molar-refractivity contribution in [3.05, 3.63) is 130 Å². The summed E-state index contributed by atoms with van der Waals surface area (Å²) in [6.07, 6.45) is 4.47. The first-order valence-electron chi connectivity index (χ1n) is 17.8. The van der Waals surface area contributed by atoms with Gasteiger partial charge >= 0.3 is 0 Å². The Labute approximate surface area is 313 Å². The molecule has 1 saturated heterocycles. The molecule has 1 fully saturated rings. The Hall–Kier alpha value is -5.42. The van der Waals surface area contributed by atoms with E-state index >= 15 is 0 Å². The normalized spacial score (nSPS) is 16.2. The second kappa shape index (κ2) is 14.2. The van der Waals surface area contributed by atoms with Crippen molar-refractivity contribution in [2.45, 2.75) is 25.9 Å². The second-order valence-electron chi connectivity index (χ2n) is 13.9. The van der Waals surface area contributed by atoms with E-state index in [0.717, 1.165) is 42.5 Å². The highest BCUT2D eigenvalue weighted by atomic mass is 35.5. The number of rotatable bonds is 7. The average molecular weight is 729 g/mol. The van der Waals surface area contributed by atoms with Crippen LogP contribution in [-0.4, -0.2) is 79.7 Å². The number of benzene rings is 3. The molecule has 0 unspecified atom stereocenters. The molecule has 1 N–H and O–H groups in total. The van der Waals surface area contributed by atoms with Crippen LogP contribution in [0.25, 0.3) is 22.2 Å². The molecule has 0 saturated carbocycles. The van der Waals surface area contributed by atoms with Crippen molar-refractivity contribution in [1.82, 2.24) is 23.9 Å². The van der Waals surface area contributed by atoms with Crippen molar-refractivity contribution in [3.8, 4) is 17.0 Å². The predicted molar refractivity (Wildman–Crippen MR) is 207 cm³/mol. The van der Waals surface area contributed by atoms with Crippen molar-refractivity contribution in [2.75, 3.05) is 37.7 Å². The van der Waals surface area contributed by atoms with Gasteiger partial charge in [-0.15, -0.1) is 0 Å². The minimum absolute atomic E-state index is 0.0281. The Morgan fingerprint density at radius 1 is 0.943 bits per heavy atom. The highest BCUT2D eigenvalue weighted by molar-refractivity contribution is 6.31. The fraction of sp³-hybridized carbons (Fsp3) is 0.262. The zero-order valence-corrected chi connectivity index (χ0v) is 30.8. The monoisotopic (exact) mass is 728 g/mol. The summed E-state index contributed by atoms with van der Waals surface area (Å²) >= 11 is 6.66. The molecule has 0 aliphatic carbocycles. The SMILES string of the molecule is Cc1c(C(=O)N(c2ccc(O)cc2)c2cc3ccn(C)c3cn2)cc(-c2cc(Cl)ccc2C(=O)N2Cc3ccccc3C[C@H]2CN2CCOCC2)n1C. The Kier molecular flexibility index (Phi) is 9.28. The summed E-state index contributed by atoms with van der Waals surface area (Å²) in [7, 11) is 3.85. The summed E-state index contributed by atoms with van der Waals surface area (Å²) in [5.74, 6) is 0.154. The van der Waals surface area contributed by atoms with Crippen LogP contribution in [0.4, 0.5) is 11.5 Å². The maximum Gasteiger partial charge on any atom is 0.265 e. The number of aromatic nitrogens is 3. The molecule has 10 nitrogen and oxygen atoms in total. The molecule has 53 heavy (non-hydrogen) atoms. The topological polar surface area (TPSA) is 96.1 Å². The van der Waals surface area contributed by atoms with Crippen molar-refractivity contribution in [2.24, 2.45) is 14.1 Å². The molecular weight excluding hydrogens is 688 g/mol. The van der Waals surface area contributed by atoms with E-state index in [1.807, 2.05) is 71.6 Å². The Balaban J connectivity index is 1.18. The summed E-state index contributed by atoms with van der Waals surface area (Å²) in [6.45, 7) is 6.20. The number of aryl methyl sites for hydroxylation is 1. The van der Waals surface area contributed by atoms with Crippen molar-refractivity contribution in [3.63, 3.8) is 0 Å². The molecule has 0 radical (unpaired) electrons. The number of carbonyl (C=O) groups excluding carboxylic acids is 2. The highest BCUT2D eigenvalue weighted by Crippen LogP contribution is 2.36. The summed E-state index contributed by atoms with van der Waals surface area (Å²) in [6, 6.07) is 25.9. The van der Waals surface area contributed by atoms with Gasteiger partial charge in [0.2, 0.25) is 0 Å². The van der Waals surface area contributed by atoms with E-state index in [2.05, 4.69) is 23.1 Å². The van der Waals surface area contributed by atoms with Gasteiger partial charge in [0, 0.05) is 85.4 Å². The fourth-order valence-electron chi connectivity index (χ4n) is 7.66. The molecule has 2 amide bonds. The Morgan fingerprint density at radius 3 is 2.47 bits per heavy atom. The van der Waals surface area contributed by atoms with E-state index in [-0.39, 0.29) is 23.6 Å². The molecule has 1 atom stereocenters. The fourth-order valence-corrected chi connectivity index (χ4v) is 7.84. The van der Waals surface area contributed by atoms with Crippen LogP contribution in [0, 0.1) is 6.92 Å². The van der Waals surface area contributed by atoms with Gasteiger partial charge in [0.1, 0.15) is 11.6 Å². The van der Waals surface area contributed by atoms with E-state index in [4.69, 9.17) is 21.3 Å². The number of halogens is 1. The predicted octanol–water partition coefficient (Wildman–Crippen LogP) is 7.12. The van der Waals surface area contributed by atoms with Crippen LogP contribution in [0.2, 0.25) is 5.02 Å². The number of pyridine rings is 1. The van der Waals surface area contributed by atoms with Crippen LogP contribution in [-0.2, 0) is 31.8 Å². The standard InChI is InChI=1S/C42H41ClN6O4/c1-27-36(42(52)49(32-9-11-34(50)12-10-32)40-21-29-14-15-45(2)39(29)24-44-40)23-38(46(27)3)37-22-31(43)8-13-35(37)41(51)48-25-30-7-5-4-6-28(30)20-33(48)26-47-16-18-53-19-17-47/h4-15,21-24,33,50H,16-20,25-26H2,1-3H3/t33-/m0/s1. The second-order valence-corrected chi connectivity index (χ2v) is 14.4. The van der Waals surface area contributed by atoms with Crippen LogP contribution in [0.5, 0.6) is 5.75 Å². The maximum absolute atomic E-state index is 14.8. The Bertz CT molecular complexity index is 2340. The van der Waals surface area contributed by atoms with Crippen molar-refractivity contribution >= 4 is 45.8 Å². The van der Waals surface area contributed by atoms with Crippen LogP contribution in [0.3, 0.4) is 0 Å². The minimum atomic E-state index is -0.300. The van der Waals surface area contributed by atoms with Crippen LogP contribution >= 0.6 is 11.6 Å². The van der Waals surface area contributed by atoms with Gasteiger partial charge < -0.3 is 23.9 Å². The number of nitrogens with zero attached hydrogens (tertiary/aromatic N) is 6. The third-order valence-electron chi connectivity index (χ3n) is 10.7. The summed E-state index contributed by atoms with van der Waals surface area (Å²) in [5, 5.41) is 11.5. The first-order chi connectivity index (χ1) is 25.7. The van der Waals surface area contributed by atoms with E-state index in [1.165, 1.54) is 5.56 Å². The average Bonchev–Trinajstić information content (AvgIpc) is 3.69. The van der Waals surface area contributed by atoms with Crippen LogP contribution in [0.1, 0.15) is 37.5 Å². The minimum Gasteiger partial charge on any atom is -0.508 e. The number of anilines is 2. The van der Waals surface area contributed by atoms with Gasteiger partial charge in [-0.1, -0.05) is 35.9 Å². The number of hydrogen-bond donors (Lipinski definition) is 1. The molecule has 11 heteroatoms. The van der Waals surface area contributed by atoms with E-state index < -0.39 is 0 Å². The first kappa shape index (κ1) is 34.7. The number of amides is 2. The summed E-state index contributed by atoms with van der Waals surface area (Å²) in [4.78, 5) is 40.3. The lowest BCUT2D eigenvalue weighted by Crippen LogP contribution is -2.52. The zero-order chi connectivity index (χ0) is 36.8. The van der Waals surface area contributed by atoms with Gasteiger partial charge in [-0.3, -0.25) is 19.4 Å². The van der Waals surface area contributed by atoms with E-state index in [9.17, 15) is 14.7 Å². The van der Waals surface area contributed by atoms with Gasteiger partial charge in [-0.2, -0.15) is 0 Å². The lowest BCUT2D eigenvalue weighted by molar-refractivity contribution is 0.0193. The number of phenolic OH excluding ortho intramolecular Hbond substituents is 1. The van der Waals surface area contributed by atoms with E-state index in [1.54, 1.807) is 47.5 Å². The van der Waals surface area contributed by atoms with Gasteiger partial charge in [-0.25, -0.2) is 4.98 Å². The van der Waals surface area contributed by atoms with Gasteiger partial charge in [0.05, 0.1) is 36.2 Å². The van der Waals surface area contributed by atoms with Crippen molar-refractivity contribution in [1.29, 1.82) is 0 Å². The van der Waals surface area contributed by atoms with E-state index in [0.29, 0.717) is 64.4 Å². The molecule has 5 heterocycles. The summed E-state index contributed by atoms with van der Waals surface area (Å²) < 4.78 is 9.53. The molecule has 3 aromatic heterocycles. The Morgan fingerprint density at radius 2 is 1.70 bits per heavy atom. The number of morpholine rings is 1. The third-order valence-corrected chi connectivity index (χ3v) is 11.0.